The minimum atomic E-state index is -3.32. The maximum absolute atomic E-state index is 12.6. The maximum Gasteiger partial charge on any atom is 0.321 e. The number of sulfone groups is 1. The highest BCUT2D eigenvalue weighted by Crippen LogP contribution is 2.30. The predicted octanol–water partition coefficient (Wildman–Crippen LogP) is 2.91. The first-order valence-corrected chi connectivity index (χ1v) is 10.7. The molecule has 0 spiro atoms. The summed E-state index contributed by atoms with van der Waals surface area (Å²) in [5.41, 5.74) is 0.529. The summed E-state index contributed by atoms with van der Waals surface area (Å²) in [7, 11) is -0.252. The average molecular weight is 408 g/mol. The molecule has 1 aliphatic heterocycles. The number of benzene rings is 1. The van der Waals surface area contributed by atoms with Crippen LogP contribution in [0.3, 0.4) is 0 Å². The summed E-state index contributed by atoms with van der Waals surface area (Å²) in [4.78, 5) is 14.2. The topological polar surface area (TPSA) is 98.1 Å². The van der Waals surface area contributed by atoms with Crippen LogP contribution in [0, 0.1) is 0 Å². The van der Waals surface area contributed by atoms with Gasteiger partial charge in [-0.2, -0.15) is 0 Å². The van der Waals surface area contributed by atoms with Crippen molar-refractivity contribution >= 4 is 21.6 Å². The van der Waals surface area contributed by atoms with E-state index in [9.17, 15) is 13.2 Å². The predicted molar refractivity (Wildman–Crippen MR) is 104 cm³/mol. The molecule has 1 saturated heterocycles. The summed E-state index contributed by atoms with van der Waals surface area (Å²) in [6.07, 6.45) is 2.26. The van der Waals surface area contributed by atoms with Crippen LogP contribution >= 0.6 is 0 Å². The summed E-state index contributed by atoms with van der Waals surface area (Å²) in [6.45, 7) is 0.735. The summed E-state index contributed by atoms with van der Waals surface area (Å²) < 4.78 is 40.7. The number of urea groups is 1. The molecule has 2 heterocycles. The molecule has 0 saturated carbocycles. The average Bonchev–Trinajstić information content (AvgIpc) is 3.20. The molecule has 0 aliphatic carbocycles. The van der Waals surface area contributed by atoms with E-state index in [0.717, 1.165) is 0 Å². The van der Waals surface area contributed by atoms with Gasteiger partial charge in [-0.3, -0.25) is 0 Å². The van der Waals surface area contributed by atoms with Gasteiger partial charge >= 0.3 is 6.03 Å². The molecule has 2 amide bonds. The van der Waals surface area contributed by atoms with E-state index in [0.29, 0.717) is 48.9 Å². The number of amides is 2. The number of furan rings is 1. The van der Waals surface area contributed by atoms with Gasteiger partial charge in [-0.25, -0.2) is 13.2 Å². The number of nitrogens with one attached hydrogen (secondary N) is 1. The number of nitrogens with zero attached hydrogens (tertiary/aromatic N) is 1. The number of carbonyl (C=O) groups excluding carboxylic acids is 1. The zero-order valence-corrected chi connectivity index (χ0v) is 16.7. The Morgan fingerprint density at radius 2 is 1.96 bits per heavy atom. The molecule has 152 valence electrons. The molecule has 1 N–H and O–H groups in total. The third-order valence-electron chi connectivity index (χ3n) is 4.81. The fourth-order valence-electron chi connectivity index (χ4n) is 3.22. The van der Waals surface area contributed by atoms with Crippen LogP contribution < -0.4 is 14.8 Å². The number of ether oxygens (including phenoxy) is 2. The number of likely N-dealkylation sites (tertiary alicyclic amines) is 1. The number of hydrogen-bond donors (Lipinski definition) is 1. The van der Waals surface area contributed by atoms with Gasteiger partial charge in [0.05, 0.1) is 31.4 Å². The molecule has 1 aromatic carbocycles. The summed E-state index contributed by atoms with van der Waals surface area (Å²) in [5, 5.41) is 2.34. The van der Waals surface area contributed by atoms with Crippen molar-refractivity contribution in [1.82, 2.24) is 4.90 Å². The highest BCUT2D eigenvalue weighted by Gasteiger charge is 2.32. The van der Waals surface area contributed by atoms with Crippen molar-refractivity contribution in [3.05, 3.63) is 42.4 Å². The molecule has 28 heavy (non-hydrogen) atoms. The highest BCUT2D eigenvalue weighted by molar-refractivity contribution is 7.91. The molecule has 0 atom stereocenters. The Balaban J connectivity index is 1.58. The number of anilines is 1. The normalized spacial score (nSPS) is 15.3. The van der Waals surface area contributed by atoms with Crippen molar-refractivity contribution in [1.29, 1.82) is 0 Å². The number of methoxy groups -OCH3 is 2. The van der Waals surface area contributed by atoms with Gasteiger partial charge in [0.25, 0.3) is 0 Å². The summed E-state index contributed by atoms with van der Waals surface area (Å²) in [5.74, 6) is 1.44. The van der Waals surface area contributed by atoms with Gasteiger partial charge in [0, 0.05) is 19.2 Å². The second kappa shape index (κ2) is 8.55. The van der Waals surface area contributed by atoms with Gasteiger partial charge in [-0.05, 0) is 37.1 Å². The second-order valence-electron chi connectivity index (χ2n) is 6.57. The first-order chi connectivity index (χ1) is 13.4. The molecule has 0 unspecified atom stereocenters. The first kappa shape index (κ1) is 20.1. The number of piperidine rings is 1. The lowest BCUT2D eigenvalue weighted by Crippen LogP contribution is -2.44. The molecule has 1 fully saturated rings. The van der Waals surface area contributed by atoms with E-state index in [1.807, 2.05) is 0 Å². The van der Waals surface area contributed by atoms with Gasteiger partial charge in [-0.1, -0.05) is 0 Å². The van der Waals surface area contributed by atoms with E-state index in [1.54, 1.807) is 42.3 Å². The lowest BCUT2D eigenvalue weighted by atomic mass is 10.1. The van der Waals surface area contributed by atoms with Crippen molar-refractivity contribution in [2.75, 3.05) is 32.6 Å². The van der Waals surface area contributed by atoms with E-state index in [4.69, 9.17) is 13.9 Å². The van der Waals surface area contributed by atoms with Crippen LogP contribution in [-0.2, 0) is 15.6 Å². The number of rotatable bonds is 6. The Morgan fingerprint density at radius 3 is 2.57 bits per heavy atom. The van der Waals surface area contributed by atoms with E-state index in [1.165, 1.54) is 13.4 Å². The van der Waals surface area contributed by atoms with Crippen molar-refractivity contribution in [3.63, 3.8) is 0 Å². The molecule has 1 aromatic heterocycles. The molecule has 0 radical (unpaired) electrons. The zero-order valence-electron chi connectivity index (χ0n) is 15.9. The van der Waals surface area contributed by atoms with Crippen LogP contribution in [-0.4, -0.2) is 51.9 Å². The molecule has 9 heteroatoms. The molecule has 2 aromatic rings. The fourth-order valence-corrected chi connectivity index (χ4v) is 4.95. The van der Waals surface area contributed by atoms with Gasteiger partial charge in [0.1, 0.15) is 23.0 Å². The van der Waals surface area contributed by atoms with Gasteiger partial charge in [0.2, 0.25) is 0 Å². The van der Waals surface area contributed by atoms with Crippen LogP contribution in [0.25, 0.3) is 0 Å². The largest absolute Gasteiger partial charge is 0.497 e. The third-order valence-corrected chi connectivity index (χ3v) is 6.98. The van der Waals surface area contributed by atoms with Crippen LogP contribution in [0.2, 0.25) is 0 Å². The Morgan fingerprint density at radius 1 is 1.21 bits per heavy atom. The molecule has 8 nitrogen and oxygen atoms in total. The Hall–Kier alpha value is -2.68. The number of carbonyl (C=O) groups is 1. The monoisotopic (exact) mass is 408 g/mol. The smallest absolute Gasteiger partial charge is 0.321 e. The first-order valence-electron chi connectivity index (χ1n) is 8.95. The molecule has 3 rings (SSSR count). The number of hydrogen-bond acceptors (Lipinski definition) is 6. The van der Waals surface area contributed by atoms with Crippen LogP contribution in [0.4, 0.5) is 10.5 Å². The summed E-state index contributed by atoms with van der Waals surface area (Å²) in [6, 6.07) is 8.16. The van der Waals surface area contributed by atoms with Crippen molar-refractivity contribution < 1.29 is 27.1 Å². The van der Waals surface area contributed by atoms with Crippen LogP contribution in [0.5, 0.6) is 11.5 Å². The summed E-state index contributed by atoms with van der Waals surface area (Å²) >= 11 is 0. The standard InChI is InChI=1S/C19H24N2O6S/c1-25-14-5-6-17(18(12-14)26-2)20-19(22)21-9-7-16(8-10-21)28(23,24)13-15-4-3-11-27-15/h3-6,11-12,16H,7-10,13H2,1-2H3,(H,20,22). The van der Waals surface area contributed by atoms with E-state index in [2.05, 4.69) is 5.32 Å². The van der Waals surface area contributed by atoms with Crippen molar-refractivity contribution in [3.8, 4) is 11.5 Å². The van der Waals surface area contributed by atoms with E-state index < -0.39 is 15.1 Å². The van der Waals surface area contributed by atoms with Gasteiger partial charge < -0.3 is 24.1 Å². The highest BCUT2D eigenvalue weighted by atomic mass is 32.2. The van der Waals surface area contributed by atoms with Crippen LogP contribution in [0.15, 0.2) is 41.0 Å². The Bertz CT molecular complexity index is 903. The Labute approximate surface area is 164 Å². The van der Waals surface area contributed by atoms with E-state index >= 15 is 0 Å². The molecule has 0 bridgehead atoms. The van der Waals surface area contributed by atoms with E-state index in [-0.39, 0.29) is 11.8 Å². The quantitative estimate of drug-likeness (QED) is 0.789. The lowest BCUT2D eigenvalue weighted by Gasteiger charge is -2.31. The third kappa shape index (κ3) is 4.59. The van der Waals surface area contributed by atoms with Crippen molar-refractivity contribution in [2.45, 2.75) is 23.8 Å². The Kier molecular flexibility index (Phi) is 6.13. The van der Waals surface area contributed by atoms with Crippen LogP contribution in [0.1, 0.15) is 18.6 Å². The lowest BCUT2D eigenvalue weighted by molar-refractivity contribution is 0.200. The molecular formula is C19H24N2O6S. The SMILES string of the molecule is COc1ccc(NC(=O)N2CCC(S(=O)(=O)Cc3ccco3)CC2)c(OC)c1. The fraction of sp³-hybridized carbons (Fsp3) is 0.421. The second-order valence-corrected chi connectivity index (χ2v) is 8.85. The van der Waals surface area contributed by atoms with Gasteiger partial charge in [0.15, 0.2) is 9.84 Å². The van der Waals surface area contributed by atoms with Crippen molar-refractivity contribution in [2.24, 2.45) is 0 Å². The molecular weight excluding hydrogens is 384 g/mol. The minimum absolute atomic E-state index is 0.111. The molecule has 1 aliphatic rings. The maximum atomic E-state index is 12.6. The minimum Gasteiger partial charge on any atom is -0.497 e. The zero-order chi connectivity index (χ0) is 20.1. The van der Waals surface area contributed by atoms with Gasteiger partial charge in [-0.15, -0.1) is 0 Å².